The molecule has 0 spiro atoms. The van der Waals surface area contributed by atoms with Crippen LogP contribution in [0.5, 0.6) is 0 Å². The molecule has 0 radical (unpaired) electrons. The van der Waals surface area contributed by atoms with E-state index in [2.05, 4.69) is 36.8 Å². The zero-order valence-corrected chi connectivity index (χ0v) is 8.96. The first-order valence-electron chi connectivity index (χ1n) is 5.04. The molecule has 0 fully saturated rings. The summed E-state index contributed by atoms with van der Waals surface area (Å²) < 4.78 is 0. The molecule has 0 bridgehead atoms. The molecule has 2 heteroatoms. The first-order chi connectivity index (χ1) is 6.74. The lowest BCUT2D eigenvalue weighted by Crippen LogP contribution is -2.20. The van der Waals surface area contributed by atoms with Crippen LogP contribution in [-0.4, -0.2) is 11.5 Å². The maximum Gasteiger partial charge on any atom is 0.0315 e. The van der Waals surface area contributed by atoms with Crippen molar-refractivity contribution in [1.29, 1.82) is 0 Å². The number of rotatable bonds is 5. The number of pyridine rings is 1. The Morgan fingerprint density at radius 2 is 2.43 bits per heavy atom. The van der Waals surface area contributed by atoms with Gasteiger partial charge in [0.2, 0.25) is 0 Å². The Morgan fingerprint density at radius 1 is 1.64 bits per heavy atom. The van der Waals surface area contributed by atoms with E-state index in [-0.39, 0.29) is 0 Å². The molecule has 1 aromatic heterocycles. The van der Waals surface area contributed by atoms with Gasteiger partial charge in [-0.25, -0.2) is 0 Å². The Labute approximate surface area is 86.1 Å². The number of hydrogen-bond donors (Lipinski definition) is 1. The van der Waals surface area contributed by atoms with Crippen LogP contribution in [0.15, 0.2) is 36.7 Å². The van der Waals surface area contributed by atoms with Gasteiger partial charge in [0.15, 0.2) is 0 Å². The topological polar surface area (TPSA) is 24.9 Å². The van der Waals surface area contributed by atoms with Gasteiger partial charge in [0.05, 0.1) is 0 Å². The van der Waals surface area contributed by atoms with E-state index in [9.17, 15) is 0 Å². The van der Waals surface area contributed by atoms with Gasteiger partial charge in [-0.3, -0.25) is 4.98 Å². The Bertz CT molecular complexity index is 280. The smallest absolute Gasteiger partial charge is 0.0315 e. The average molecular weight is 190 g/mol. The van der Waals surface area contributed by atoms with E-state index in [1.807, 2.05) is 12.3 Å². The fourth-order valence-electron chi connectivity index (χ4n) is 1.17. The SMILES string of the molecule is C=C(CC)CN[C@H](C)c1cccnc1. The molecular formula is C12H18N2. The first kappa shape index (κ1) is 10.9. The molecule has 1 aromatic rings. The summed E-state index contributed by atoms with van der Waals surface area (Å²) in [5, 5.41) is 3.41. The fourth-order valence-corrected chi connectivity index (χ4v) is 1.17. The van der Waals surface area contributed by atoms with Crippen LogP contribution < -0.4 is 5.32 Å². The lowest BCUT2D eigenvalue weighted by Gasteiger charge is -2.14. The van der Waals surface area contributed by atoms with Crippen molar-refractivity contribution < 1.29 is 0 Å². The van der Waals surface area contributed by atoms with Crippen molar-refractivity contribution in [3.63, 3.8) is 0 Å². The van der Waals surface area contributed by atoms with Gasteiger partial charge in [0.25, 0.3) is 0 Å². The second-order valence-electron chi connectivity index (χ2n) is 3.49. The summed E-state index contributed by atoms with van der Waals surface area (Å²) in [5.74, 6) is 0. The van der Waals surface area contributed by atoms with Crippen molar-refractivity contribution >= 4 is 0 Å². The maximum atomic E-state index is 4.09. The van der Waals surface area contributed by atoms with Crippen LogP contribution in [0.1, 0.15) is 31.9 Å². The molecule has 1 heterocycles. The lowest BCUT2D eigenvalue weighted by molar-refractivity contribution is 0.600. The van der Waals surface area contributed by atoms with Crippen LogP contribution in [0.2, 0.25) is 0 Å². The normalized spacial score (nSPS) is 12.4. The zero-order chi connectivity index (χ0) is 10.4. The van der Waals surface area contributed by atoms with Crippen LogP contribution in [0.4, 0.5) is 0 Å². The molecule has 0 aliphatic rings. The third-order valence-electron chi connectivity index (χ3n) is 2.34. The molecule has 0 aliphatic carbocycles. The Morgan fingerprint density at radius 3 is 3.00 bits per heavy atom. The van der Waals surface area contributed by atoms with Gasteiger partial charge >= 0.3 is 0 Å². The van der Waals surface area contributed by atoms with Crippen LogP contribution in [0.3, 0.4) is 0 Å². The van der Waals surface area contributed by atoms with E-state index in [0.29, 0.717) is 6.04 Å². The summed E-state index contributed by atoms with van der Waals surface area (Å²) in [6, 6.07) is 4.38. The summed E-state index contributed by atoms with van der Waals surface area (Å²) in [4.78, 5) is 4.09. The minimum Gasteiger partial charge on any atom is -0.306 e. The Kier molecular flexibility index (Phi) is 4.33. The quantitative estimate of drug-likeness (QED) is 0.722. The van der Waals surface area contributed by atoms with E-state index < -0.39 is 0 Å². The monoisotopic (exact) mass is 190 g/mol. The number of aromatic nitrogens is 1. The molecule has 0 saturated heterocycles. The molecule has 76 valence electrons. The van der Waals surface area contributed by atoms with E-state index in [1.165, 1.54) is 11.1 Å². The highest BCUT2D eigenvalue weighted by atomic mass is 14.9. The lowest BCUT2D eigenvalue weighted by atomic mass is 10.1. The second-order valence-corrected chi connectivity index (χ2v) is 3.49. The van der Waals surface area contributed by atoms with Crippen LogP contribution in [0, 0.1) is 0 Å². The molecule has 0 aromatic carbocycles. The van der Waals surface area contributed by atoms with Gasteiger partial charge in [-0.2, -0.15) is 0 Å². The van der Waals surface area contributed by atoms with Gasteiger partial charge in [-0.1, -0.05) is 25.1 Å². The van der Waals surface area contributed by atoms with Crippen LogP contribution in [0.25, 0.3) is 0 Å². The van der Waals surface area contributed by atoms with Gasteiger partial charge < -0.3 is 5.32 Å². The van der Waals surface area contributed by atoms with E-state index in [1.54, 1.807) is 6.20 Å². The van der Waals surface area contributed by atoms with Gasteiger partial charge in [0.1, 0.15) is 0 Å². The molecule has 2 nitrogen and oxygen atoms in total. The summed E-state index contributed by atoms with van der Waals surface area (Å²) in [6.45, 7) is 9.10. The van der Waals surface area contributed by atoms with Gasteiger partial charge in [0, 0.05) is 25.0 Å². The maximum absolute atomic E-state index is 4.09. The van der Waals surface area contributed by atoms with Crippen molar-refractivity contribution in [2.45, 2.75) is 26.3 Å². The molecule has 0 amide bonds. The summed E-state index contributed by atoms with van der Waals surface area (Å²) in [5.41, 5.74) is 2.46. The van der Waals surface area contributed by atoms with Crippen molar-refractivity contribution in [1.82, 2.24) is 10.3 Å². The minimum absolute atomic E-state index is 0.340. The molecule has 1 N–H and O–H groups in total. The third-order valence-corrected chi connectivity index (χ3v) is 2.34. The average Bonchev–Trinajstić information content (AvgIpc) is 2.26. The van der Waals surface area contributed by atoms with E-state index in [4.69, 9.17) is 0 Å². The number of nitrogens with one attached hydrogen (secondary N) is 1. The van der Waals surface area contributed by atoms with Crippen LogP contribution in [-0.2, 0) is 0 Å². The van der Waals surface area contributed by atoms with E-state index >= 15 is 0 Å². The third kappa shape index (κ3) is 3.30. The molecule has 14 heavy (non-hydrogen) atoms. The fraction of sp³-hybridized carbons (Fsp3) is 0.417. The van der Waals surface area contributed by atoms with Crippen molar-refractivity contribution in [2.75, 3.05) is 6.54 Å². The number of hydrogen-bond acceptors (Lipinski definition) is 2. The molecule has 0 saturated carbocycles. The van der Waals surface area contributed by atoms with E-state index in [0.717, 1.165) is 13.0 Å². The molecular weight excluding hydrogens is 172 g/mol. The number of nitrogens with zero attached hydrogens (tertiary/aromatic N) is 1. The predicted molar refractivity (Wildman–Crippen MR) is 60.1 cm³/mol. The summed E-state index contributed by atoms with van der Waals surface area (Å²) in [7, 11) is 0. The largest absolute Gasteiger partial charge is 0.306 e. The summed E-state index contributed by atoms with van der Waals surface area (Å²) >= 11 is 0. The molecule has 1 atom stereocenters. The standard InChI is InChI=1S/C12H18N2/c1-4-10(2)8-14-11(3)12-6-5-7-13-9-12/h5-7,9,11,14H,2,4,8H2,1,3H3/t11-/m1/s1. The highest BCUT2D eigenvalue weighted by Gasteiger charge is 2.03. The van der Waals surface area contributed by atoms with Crippen molar-refractivity contribution in [3.8, 4) is 0 Å². The highest BCUT2D eigenvalue weighted by Crippen LogP contribution is 2.10. The summed E-state index contributed by atoms with van der Waals surface area (Å²) in [6.07, 6.45) is 4.72. The van der Waals surface area contributed by atoms with Crippen molar-refractivity contribution in [3.05, 3.63) is 42.2 Å². The Hall–Kier alpha value is -1.15. The van der Waals surface area contributed by atoms with Gasteiger partial charge in [-0.15, -0.1) is 0 Å². The first-order valence-corrected chi connectivity index (χ1v) is 5.04. The zero-order valence-electron chi connectivity index (χ0n) is 8.96. The van der Waals surface area contributed by atoms with Gasteiger partial charge in [-0.05, 0) is 25.0 Å². The predicted octanol–water partition coefficient (Wildman–Crippen LogP) is 2.70. The second kappa shape index (κ2) is 5.55. The molecule has 0 unspecified atom stereocenters. The van der Waals surface area contributed by atoms with Crippen molar-refractivity contribution in [2.24, 2.45) is 0 Å². The Balaban J connectivity index is 2.43. The molecule has 0 aliphatic heterocycles. The molecule has 1 rings (SSSR count). The van der Waals surface area contributed by atoms with Crippen LogP contribution >= 0.6 is 0 Å². The minimum atomic E-state index is 0.340. The highest BCUT2D eigenvalue weighted by molar-refractivity contribution is 5.13.